The summed E-state index contributed by atoms with van der Waals surface area (Å²) in [6, 6.07) is 5.72. The molecule has 0 amide bonds. The van der Waals surface area contributed by atoms with Crippen molar-refractivity contribution in [2.75, 3.05) is 5.73 Å². The Morgan fingerprint density at radius 2 is 2.21 bits per heavy atom. The third kappa shape index (κ3) is 2.26. The molecule has 5 nitrogen and oxygen atoms in total. The summed E-state index contributed by atoms with van der Waals surface area (Å²) in [4.78, 5) is 8.39. The smallest absolute Gasteiger partial charge is 0.265 e. The molecule has 0 saturated heterocycles. The normalized spacial score (nSPS) is 10.8. The molecule has 3 aromatic rings. The van der Waals surface area contributed by atoms with Gasteiger partial charge in [-0.15, -0.1) is 0 Å². The van der Waals surface area contributed by atoms with Crippen LogP contribution in [0.3, 0.4) is 0 Å². The molecule has 3 rings (SSSR count). The zero-order valence-corrected chi connectivity index (χ0v) is 11.8. The van der Waals surface area contributed by atoms with Crippen LogP contribution >= 0.6 is 15.9 Å². The van der Waals surface area contributed by atoms with Gasteiger partial charge in [-0.3, -0.25) is 4.40 Å². The average molecular weight is 319 g/mol. The molecule has 6 heteroatoms. The minimum Gasteiger partial charge on any atom is -0.436 e. The molecule has 0 spiro atoms. The number of nitrogen functional groups attached to an aromatic ring is 1. The molecule has 2 N–H and O–H groups in total. The van der Waals surface area contributed by atoms with Crippen molar-refractivity contribution >= 4 is 27.4 Å². The SMILES string of the molecule is Cc1cc(Oc2nc(N)cn3ccnc23)ccc1Br. The van der Waals surface area contributed by atoms with Gasteiger partial charge in [-0.2, -0.15) is 4.98 Å². The quantitative estimate of drug-likeness (QED) is 0.788. The summed E-state index contributed by atoms with van der Waals surface area (Å²) in [5, 5.41) is 0. The molecule has 0 saturated carbocycles. The summed E-state index contributed by atoms with van der Waals surface area (Å²) >= 11 is 3.45. The van der Waals surface area contributed by atoms with Crippen molar-refractivity contribution in [3.8, 4) is 11.6 Å². The Hall–Kier alpha value is -2.08. The van der Waals surface area contributed by atoms with Crippen molar-refractivity contribution in [2.45, 2.75) is 6.92 Å². The third-order valence-corrected chi connectivity index (χ3v) is 3.60. The van der Waals surface area contributed by atoms with Crippen molar-refractivity contribution in [3.63, 3.8) is 0 Å². The first-order chi connectivity index (χ1) is 9.13. The van der Waals surface area contributed by atoms with E-state index < -0.39 is 0 Å². The maximum atomic E-state index is 5.77. The Labute approximate surface area is 118 Å². The fourth-order valence-electron chi connectivity index (χ4n) is 1.78. The average Bonchev–Trinajstić information content (AvgIpc) is 2.82. The van der Waals surface area contributed by atoms with Crippen LogP contribution in [0.1, 0.15) is 5.56 Å². The molecule has 0 radical (unpaired) electrons. The Morgan fingerprint density at radius 3 is 3.00 bits per heavy atom. The predicted octanol–water partition coefficient (Wildman–Crippen LogP) is 3.17. The van der Waals surface area contributed by atoms with Gasteiger partial charge in [-0.05, 0) is 30.7 Å². The van der Waals surface area contributed by atoms with Crippen LogP contribution in [-0.2, 0) is 0 Å². The number of halogens is 1. The highest BCUT2D eigenvalue weighted by molar-refractivity contribution is 9.10. The van der Waals surface area contributed by atoms with Gasteiger partial charge in [0, 0.05) is 16.9 Å². The van der Waals surface area contributed by atoms with Gasteiger partial charge in [0.05, 0.1) is 6.20 Å². The van der Waals surface area contributed by atoms with E-state index in [4.69, 9.17) is 10.5 Å². The van der Waals surface area contributed by atoms with E-state index in [0.29, 0.717) is 23.1 Å². The second-order valence-corrected chi connectivity index (χ2v) is 5.00. The first-order valence-corrected chi connectivity index (χ1v) is 6.46. The van der Waals surface area contributed by atoms with Crippen molar-refractivity contribution in [2.24, 2.45) is 0 Å². The zero-order valence-electron chi connectivity index (χ0n) is 10.2. The summed E-state index contributed by atoms with van der Waals surface area (Å²) < 4.78 is 8.59. The van der Waals surface area contributed by atoms with Crippen LogP contribution in [-0.4, -0.2) is 14.4 Å². The molecule has 96 valence electrons. The highest BCUT2D eigenvalue weighted by Crippen LogP contribution is 2.27. The van der Waals surface area contributed by atoms with Crippen LogP contribution in [0.2, 0.25) is 0 Å². The van der Waals surface area contributed by atoms with Crippen LogP contribution in [0, 0.1) is 6.92 Å². The number of imidazole rings is 1. The standard InChI is InChI=1S/C13H11BrN4O/c1-8-6-9(2-3-10(8)14)19-13-12-16-4-5-18(12)7-11(15)17-13/h2-7H,15H2,1H3. The maximum Gasteiger partial charge on any atom is 0.265 e. The van der Waals surface area contributed by atoms with E-state index in [-0.39, 0.29) is 0 Å². The number of rotatable bonds is 2. The number of benzene rings is 1. The molecule has 0 bridgehead atoms. The number of ether oxygens (including phenoxy) is 1. The molecule has 0 aliphatic heterocycles. The van der Waals surface area contributed by atoms with Gasteiger partial charge in [-0.1, -0.05) is 15.9 Å². The summed E-state index contributed by atoms with van der Waals surface area (Å²) in [7, 11) is 0. The minimum atomic E-state index is 0.384. The number of fused-ring (bicyclic) bond motifs is 1. The van der Waals surface area contributed by atoms with Gasteiger partial charge in [0.1, 0.15) is 11.6 Å². The molecule has 0 aliphatic carbocycles. The molecule has 1 aromatic carbocycles. The lowest BCUT2D eigenvalue weighted by Crippen LogP contribution is -1.99. The lowest BCUT2D eigenvalue weighted by atomic mass is 10.2. The molecule has 0 atom stereocenters. The fraction of sp³-hybridized carbons (Fsp3) is 0.0769. The number of aryl methyl sites for hydroxylation is 1. The topological polar surface area (TPSA) is 65.4 Å². The Kier molecular flexibility index (Phi) is 2.87. The van der Waals surface area contributed by atoms with E-state index in [1.807, 2.05) is 25.1 Å². The van der Waals surface area contributed by atoms with Crippen LogP contribution in [0.4, 0.5) is 5.82 Å². The van der Waals surface area contributed by atoms with Crippen LogP contribution in [0.5, 0.6) is 11.6 Å². The second kappa shape index (κ2) is 4.55. The minimum absolute atomic E-state index is 0.384. The number of nitrogens with zero attached hydrogens (tertiary/aromatic N) is 3. The third-order valence-electron chi connectivity index (χ3n) is 2.71. The van der Waals surface area contributed by atoms with E-state index in [1.165, 1.54) is 0 Å². The van der Waals surface area contributed by atoms with Gasteiger partial charge >= 0.3 is 0 Å². The lowest BCUT2D eigenvalue weighted by molar-refractivity contribution is 0.465. The molecule has 0 aliphatic rings. The molecule has 2 aromatic heterocycles. The highest BCUT2D eigenvalue weighted by atomic mass is 79.9. The Balaban J connectivity index is 2.04. The van der Waals surface area contributed by atoms with Crippen LogP contribution in [0.25, 0.3) is 5.65 Å². The first kappa shape index (κ1) is 12.0. The lowest BCUT2D eigenvalue weighted by Gasteiger charge is -2.08. The number of hydrogen-bond acceptors (Lipinski definition) is 4. The second-order valence-electron chi connectivity index (χ2n) is 4.14. The number of anilines is 1. The van der Waals surface area contributed by atoms with Gasteiger partial charge in [-0.25, -0.2) is 4.98 Å². The van der Waals surface area contributed by atoms with Gasteiger partial charge in [0.15, 0.2) is 0 Å². The van der Waals surface area contributed by atoms with Crippen molar-refractivity contribution in [3.05, 3.63) is 46.8 Å². The van der Waals surface area contributed by atoms with Gasteiger partial charge in [0.2, 0.25) is 5.65 Å². The number of nitrogens with two attached hydrogens (primary N) is 1. The van der Waals surface area contributed by atoms with E-state index in [9.17, 15) is 0 Å². The van der Waals surface area contributed by atoms with Crippen LogP contribution in [0.15, 0.2) is 41.3 Å². The van der Waals surface area contributed by atoms with E-state index in [0.717, 1.165) is 10.0 Å². The number of hydrogen-bond donors (Lipinski definition) is 1. The molecule has 19 heavy (non-hydrogen) atoms. The predicted molar refractivity (Wildman–Crippen MR) is 76.4 cm³/mol. The summed E-state index contributed by atoms with van der Waals surface area (Å²) in [5.74, 6) is 1.48. The highest BCUT2D eigenvalue weighted by Gasteiger charge is 2.09. The fourth-order valence-corrected chi connectivity index (χ4v) is 2.03. The van der Waals surface area contributed by atoms with Crippen molar-refractivity contribution in [1.82, 2.24) is 14.4 Å². The molecule has 2 heterocycles. The summed E-state index contributed by atoms with van der Waals surface area (Å²) in [6.07, 6.45) is 5.17. The van der Waals surface area contributed by atoms with E-state index in [1.54, 1.807) is 23.0 Å². The van der Waals surface area contributed by atoms with Gasteiger partial charge in [0.25, 0.3) is 5.88 Å². The summed E-state index contributed by atoms with van der Waals surface area (Å²) in [5.41, 5.74) is 7.46. The zero-order chi connectivity index (χ0) is 13.4. The van der Waals surface area contributed by atoms with Crippen LogP contribution < -0.4 is 10.5 Å². The van der Waals surface area contributed by atoms with Crippen molar-refractivity contribution in [1.29, 1.82) is 0 Å². The monoisotopic (exact) mass is 318 g/mol. The molecule has 0 fully saturated rings. The largest absolute Gasteiger partial charge is 0.436 e. The molecule has 0 unspecified atom stereocenters. The maximum absolute atomic E-state index is 5.77. The Bertz CT molecular complexity index is 753. The van der Waals surface area contributed by atoms with Gasteiger partial charge < -0.3 is 10.5 Å². The first-order valence-electron chi connectivity index (χ1n) is 5.66. The summed E-state index contributed by atoms with van der Waals surface area (Å²) in [6.45, 7) is 1.99. The van der Waals surface area contributed by atoms with E-state index in [2.05, 4.69) is 25.9 Å². The van der Waals surface area contributed by atoms with Crippen molar-refractivity contribution < 1.29 is 4.74 Å². The Morgan fingerprint density at radius 1 is 1.37 bits per heavy atom. The van der Waals surface area contributed by atoms with E-state index >= 15 is 0 Å². The number of aromatic nitrogens is 3. The molecular weight excluding hydrogens is 308 g/mol. The molecular formula is C13H11BrN4O.